The Kier molecular flexibility index (Phi) is 10.7. The quantitative estimate of drug-likeness (QED) is 0.329. The first kappa shape index (κ1) is 31.1. The normalized spacial score (nSPS) is 19.2. The van der Waals surface area contributed by atoms with Gasteiger partial charge in [-0.3, -0.25) is 9.59 Å². The Hall–Kier alpha value is -3.41. The molecule has 9 nitrogen and oxygen atoms in total. The van der Waals surface area contributed by atoms with Crippen molar-refractivity contribution in [3.8, 4) is 0 Å². The second kappa shape index (κ2) is 13.8. The van der Waals surface area contributed by atoms with Gasteiger partial charge in [0.1, 0.15) is 11.4 Å². The molecule has 4 rings (SSSR count). The van der Waals surface area contributed by atoms with Crippen LogP contribution in [0, 0.1) is 5.92 Å². The van der Waals surface area contributed by atoms with Gasteiger partial charge in [0.25, 0.3) is 5.91 Å². The molecular formula is C28H40F3N7O2. The number of nitrogens with zero attached hydrogens (tertiary/aromatic N) is 3. The van der Waals surface area contributed by atoms with E-state index in [4.69, 9.17) is 0 Å². The number of anilines is 3. The minimum absolute atomic E-state index is 0. The van der Waals surface area contributed by atoms with E-state index >= 15 is 0 Å². The summed E-state index contributed by atoms with van der Waals surface area (Å²) in [5, 5.41) is 11.5. The molecule has 1 aromatic heterocycles. The average Bonchev–Trinajstić information content (AvgIpc) is 3.56. The maximum Gasteiger partial charge on any atom is 0.421 e. The molecule has 2 heterocycles. The molecule has 0 radical (unpaired) electrons. The molecule has 0 unspecified atom stereocenters. The molecule has 0 spiro atoms. The van der Waals surface area contributed by atoms with Crippen molar-refractivity contribution in [3.05, 3.63) is 41.6 Å². The Morgan fingerprint density at radius 1 is 1.07 bits per heavy atom. The zero-order valence-corrected chi connectivity index (χ0v) is 22.3. The van der Waals surface area contributed by atoms with E-state index in [1.165, 1.54) is 12.8 Å². The predicted molar refractivity (Wildman–Crippen MR) is 150 cm³/mol. The van der Waals surface area contributed by atoms with Gasteiger partial charge < -0.3 is 26.2 Å². The molecule has 12 heteroatoms. The van der Waals surface area contributed by atoms with Crippen LogP contribution in [0.4, 0.5) is 30.6 Å². The Bertz CT molecular complexity index is 1140. The fraction of sp³-hybridized carbons (Fsp3) is 0.571. The van der Waals surface area contributed by atoms with Crippen molar-refractivity contribution >= 4 is 29.3 Å². The summed E-state index contributed by atoms with van der Waals surface area (Å²) in [6.45, 7) is 7.19. The third kappa shape index (κ3) is 8.30. The summed E-state index contributed by atoms with van der Waals surface area (Å²) in [6, 6.07) is 6.02. The molecule has 1 saturated heterocycles. The van der Waals surface area contributed by atoms with Crippen LogP contribution in [-0.2, 0) is 11.0 Å². The monoisotopic (exact) mass is 563 g/mol. The zero-order valence-electron chi connectivity index (χ0n) is 22.3. The van der Waals surface area contributed by atoms with E-state index in [1.807, 2.05) is 13.8 Å². The van der Waals surface area contributed by atoms with Crippen molar-refractivity contribution in [3.63, 3.8) is 0 Å². The molecule has 220 valence electrons. The number of amides is 2. The maximum atomic E-state index is 13.7. The number of rotatable bonds is 10. The van der Waals surface area contributed by atoms with Gasteiger partial charge in [0.2, 0.25) is 11.9 Å². The number of hydrogen-bond donors (Lipinski definition) is 4. The van der Waals surface area contributed by atoms with Gasteiger partial charge in [-0.15, -0.1) is 0 Å². The van der Waals surface area contributed by atoms with Crippen LogP contribution in [0.1, 0.15) is 69.3 Å². The lowest BCUT2D eigenvalue weighted by Gasteiger charge is -2.24. The predicted octanol–water partition coefficient (Wildman–Crippen LogP) is 4.81. The molecule has 1 aliphatic carbocycles. The molecule has 0 bridgehead atoms. The summed E-state index contributed by atoms with van der Waals surface area (Å²) in [5.41, 5.74) is -0.00193. The molecule has 2 amide bonds. The lowest BCUT2D eigenvalue weighted by molar-refractivity contribution is -0.137. The molecular weight excluding hydrogens is 523 g/mol. The van der Waals surface area contributed by atoms with Crippen LogP contribution in [0.25, 0.3) is 0 Å². The first-order chi connectivity index (χ1) is 18.6. The van der Waals surface area contributed by atoms with Gasteiger partial charge in [-0.2, -0.15) is 18.2 Å². The number of halogens is 3. The zero-order chi connectivity index (χ0) is 28.0. The third-order valence-electron chi connectivity index (χ3n) is 7.02. The summed E-state index contributed by atoms with van der Waals surface area (Å²) < 4.78 is 41.2. The molecule has 2 aromatic rings. The second-order valence-electron chi connectivity index (χ2n) is 10.4. The number of carbonyl (C=O) groups excluding carboxylic acids is 2. The highest BCUT2D eigenvalue weighted by molar-refractivity contribution is 5.94. The number of hydrogen-bond acceptors (Lipinski definition) is 7. The highest BCUT2D eigenvalue weighted by atomic mass is 19.4. The van der Waals surface area contributed by atoms with Gasteiger partial charge in [0.15, 0.2) is 0 Å². The first-order valence-electron chi connectivity index (χ1n) is 13.5. The van der Waals surface area contributed by atoms with E-state index in [2.05, 4.69) is 36.1 Å². The molecule has 2 aliphatic rings. The van der Waals surface area contributed by atoms with E-state index < -0.39 is 23.7 Å². The minimum atomic E-state index is -4.67. The van der Waals surface area contributed by atoms with Crippen molar-refractivity contribution < 1.29 is 22.8 Å². The summed E-state index contributed by atoms with van der Waals surface area (Å²) in [7, 11) is 0. The molecule has 1 aliphatic heterocycles. The maximum absolute atomic E-state index is 13.7. The topological polar surface area (TPSA) is 111 Å². The van der Waals surface area contributed by atoms with Crippen LogP contribution < -0.4 is 21.3 Å². The highest BCUT2D eigenvalue weighted by Crippen LogP contribution is 2.36. The van der Waals surface area contributed by atoms with Gasteiger partial charge >= 0.3 is 6.18 Å². The number of benzene rings is 1. The first-order valence-corrected chi connectivity index (χ1v) is 13.5. The molecule has 4 N–H and O–H groups in total. The van der Waals surface area contributed by atoms with Crippen molar-refractivity contribution in [2.24, 2.45) is 5.92 Å². The Morgan fingerprint density at radius 3 is 2.42 bits per heavy atom. The van der Waals surface area contributed by atoms with Gasteiger partial charge in [-0.05, 0) is 76.9 Å². The van der Waals surface area contributed by atoms with Crippen molar-refractivity contribution in [1.82, 2.24) is 25.5 Å². The van der Waals surface area contributed by atoms with Crippen LogP contribution in [0.2, 0.25) is 0 Å². The molecule has 1 aromatic carbocycles. The van der Waals surface area contributed by atoms with Crippen LogP contribution in [0.15, 0.2) is 30.5 Å². The van der Waals surface area contributed by atoms with E-state index in [-0.39, 0.29) is 37.0 Å². The largest absolute Gasteiger partial charge is 0.421 e. The van der Waals surface area contributed by atoms with Crippen molar-refractivity contribution in [2.75, 3.05) is 36.8 Å². The van der Waals surface area contributed by atoms with Crippen LogP contribution in [0.3, 0.4) is 0 Å². The summed E-state index contributed by atoms with van der Waals surface area (Å²) in [5.74, 6) is -1.22. The summed E-state index contributed by atoms with van der Waals surface area (Å²) in [6.07, 6.45) is 0.326. The van der Waals surface area contributed by atoms with E-state index in [1.54, 1.807) is 24.3 Å². The molecule has 40 heavy (non-hydrogen) atoms. The molecule has 1 saturated carbocycles. The van der Waals surface area contributed by atoms with Crippen LogP contribution in [0.5, 0.6) is 0 Å². The molecule has 2 atom stereocenters. The average molecular weight is 564 g/mol. The smallest absolute Gasteiger partial charge is 0.366 e. The minimum Gasteiger partial charge on any atom is -0.366 e. The standard InChI is InChI=1S/C27H36F3N7O2.CH4/c1-17(2)33-25(39)20-6-5-7-22(20)35-23-21(27(28,29)30)16-32-26(36-23)34-19-10-8-18(9-11-19)24(38)31-12-15-37-13-3-4-14-37;/h8-11,16-17,20,22H,3-7,12-15H2,1-2H3,(H,31,38)(H,33,39)(H2,32,34,35,36);1H4/t20-,22+;/m0./s1. The summed E-state index contributed by atoms with van der Waals surface area (Å²) in [4.78, 5) is 35.3. The summed E-state index contributed by atoms with van der Waals surface area (Å²) >= 11 is 0. The number of carbonyl (C=O) groups is 2. The van der Waals surface area contributed by atoms with Gasteiger partial charge in [-0.25, -0.2) is 4.98 Å². The Balaban J connectivity index is 0.00000441. The number of nitrogens with one attached hydrogen (secondary N) is 4. The Labute approximate surface area is 233 Å². The fourth-order valence-corrected chi connectivity index (χ4v) is 5.04. The van der Waals surface area contributed by atoms with Crippen molar-refractivity contribution in [1.29, 1.82) is 0 Å². The fourth-order valence-electron chi connectivity index (χ4n) is 5.04. The third-order valence-corrected chi connectivity index (χ3v) is 7.02. The van der Waals surface area contributed by atoms with Crippen LogP contribution in [-0.4, -0.2) is 64.9 Å². The van der Waals surface area contributed by atoms with E-state index in [9.17, 15) is 22.8 Å². The van der Waals surface area contributed by atoms with E-state index in [0.717, 1.165) is 32.3 Å². The number of aromatic nitrogens is 2. The Morgan fingerprint density at radius 2 is 1.77 bits per heavy atom. The van der Waals surface area contributed by atoms with Gasteiger partial charge in [0, 0.05) is 42.6 Å². The number of likely N-dealkylation sites (tertiary alicyclic amines) is 1. The highest BCUT2D eigenvalue weighted by Gasteiger charge is 2.39. The van der Waals surface area contributed by atoms with Crippen molar-refractivity contribution in [2.45, 2.75) is 71.6 Å². The lowest BCUT2D eigenvalue weighted by Crippen LogP contribution is -2.41. The lowest BCUT2D eigenvalue weighted by atomic mass is 10.0. The van der Waals surface area contributed by atoms with Gasteiger partial charge in [0.05, 0.1) is 5.92 Å². The second-order valence-corrected chi connectivity index (χ2v) is 10.4. The SMILES string of the molecule is C.CC(C)NC(=O)[C@H]1CCC[C@H]1Nc1nc(Nc2ccc(C(=O)NCCN3CCCC3)cc2)ncc1C(F)(F)F. The van der Waals surface area contributed by atoms with E-state index in [0.29, 0.717) is 30.6 Å². The number of alkyl halides is 3. The van der Waals surface area contributed by atoms with Crippen LogP contribution >= 0.6 is 0 Å². The molecule has 2 fully saturated rings. The van der Waals surface area contributed by atoms with Gasteiger partial charge in [-0.1, -0.05) is 13.8 Å².